The predicted octanol–water partition coefficient (Wildman–Crippen LogP) is 7.58. The molecule has 4 aromatic carbocycles. The number of benzene rings is 4. The molecule has 0 unspecified atom stereocenters. The van der Waals surface area contributed by atoms with Crippen LogP contribution < -0.4 is 19.8 Å². The molecule has 2 heterocycles. The Labute approximate surface area is 254 Å². The number of rotatable bonds is 9. The van der Waals surface area contributed by atoms with Crippen molar-refractivity contribution in [3.8, 4) is 28.8 Å². The summed E-state index contributed by atoms with van der Waals surface area (Å²) in [5, 5.41) is 5.73. The number of aromatic nitrogens is 2. The lowest BCUT2D eigenvalue weighted by molar-refractivity contribution is 0.269. The van der Waals surface area contributed by atoms with Crippen LogP contribution in [0, 0.1) is 5.82 Å². The molecule has 10 heteroatoms. The fraction of sp³-hybridized carbons (Fsp3) is 0.121. The number of ether oxygens (including phenoxy) is 3. The molecule has 0 N–H and O–H groups in total. The van der Waals surface area contributed by atoms with Crippen LogP contribution in [0.15, 0.2) is 104 Å². The Balaban J connectivity index is 1.41. The van der Waals surface area contributed by atoms with Gasteiger partial charge in [0.15, 0.2) is 17.3 Å². The summed E-state index contributed by atoms with van der Waals surface area (Å²) >= 11 is 3.59. The molecule has 0 fully saturated rings. The Hall–Kier alpha value is -4.96. The average molecular weight is 642 g/mol. The second-order valence-corrected chi connectivity index (χ2v) is 10.3. The molecule has 0 spiro atoms. The highest BCUT2D eigenvalue weighted by Crippen LogP contribution is 2.35. The van der Waals surface area contributed by atoms with E-state index >= 15 is 0 Å². The second-order valence-electron chi connectivity index (χ2n) is 9.47. The first-order chi connectivity index (χ1) is 20.9. The first kappa shape index (κ1) is 28.2. The highest BCUT2D eigenvalue weighted by molar-refractivity contribution is 9.10. The highest BCUT2D eigenvalue weighted by Gasteiger charge is 2.18. The van der Waals surface area contributed by atoms with Crippen molar-refractivity contribution < 1.29 is 23.0 Å². The lowest BCUT2D eigenvalue weighted by Gasteiger charge is -2.14. The van der Waals surface area contributed by atoms with Gasteiger partial charge < -0.3 is 18.6 Å². The summed E-state index contributed by atoms with van der Waals surface area (Å²) in [6.45, 7) is 2.50. The van der Waals surface area contributed by atoms with Gasteiger partial charge in [-0.15, -0.1) is 0 Å². The Bertz CT molecular complexity index is 2040. The molecule has 8 nitrogen and oxygen atoms in total. The molecule has 0 bridgehead atoms. The van der Waals surface area contributed by atoms with Crippen molar-refractivity contribution in [2.75, 3.05) is 13.7 Å². The first-order valence-electron chi connectivity index (χ1n) is 13.4. The molecule has 0 aliphatic rings. The maximum atomic E-state index is 13.7. The minimum atomic E-state index is -0.357. The van der Waals surface area contributed by atoms with Gasteiger partial charge in [0.1, 0.15) is 23.8 Å². The third-order valence-electron chi connectivity index (χ3n) is 6.70. The number of hydrogen-bond acceptors (Lipinski definition) is 7. The van der Waals surface area contributed by atoms with E-state index in [0.29, 0.717) is 56.1 Å². The monoisotopic (exact) mass is 641 g/mol. The van der Waals surface area contributed by atoms with E-state index in [9.17, 15) is 9.18 Å². The summed E-state index contributed by atoms with van der Waals surface area (Å²) in [5.74, 6) is 1.91. The lowest BCUT2D eigenvalue weighted by atomic mass is 10.2. The van der Waals surface area contributed by atoms with Gasteiger partial charge in [-0.05, 0) is 83.0 Å². The molecule has 6 aromatic rings. The molecule has 0 radical (unpaired) electrons. The Kier molecular flexibility index (Phi) is 7.93. The van der Waals surface area contributed by atoms with Gasteiger partial charge in [-0.3, -0.25) is 4.79 Å². The number of para-hydroxylation sites is 1. The van der Waals surface area contributed by atoms with Gasteiger partial charge in [0.05, 0.1) is 36.2 Å². The Morgan fingerprint density at radius 2 is 1.74 bits per heavy atom. The van der Waals surface area contributed by atoms with Gasteiger partial charge >= 0.3 is 0 Å². The molecular formula is C33H25BrFN3O5. The van der Waals surface area contributed by atoms with Crippen LogP contribution in [0.4, 0.5) is 4.39 Å². The molecule has 2 aromatic heterocycles. The van der Waals surface area contributed by atoms with E-state index in [-0.39, 0.29) is 23.8 Å². The highest BCUT2D eigenvalue weighted by atomic mass is 79.9. The van der Waals surface area contributed by atoms with Gasteiger partial charge in [0, 0.05) is 10.0 Å². The number of nitrogens with zero attached hydrogens (tertiary/aromatic N) is 3. The van der Waals surface area contributed by atoms with E-state index in [2.05, 4.69) is 21.0 Å². The summed E-state index contributed by atoms with van der Waals surface area (Å²) in [6, 6.07) is 24.0. The number of furan rings is 1. The lowest BCUT2D eigenvalue weighted by Crippen LogP contribution is -2.20. The van der Waals surface area contributed by atoms with Crippen molar-refractivity contribution in [2.45, 2.75) is 13.5 Å². The third-order valence-corrected chi connectivity index (χ3v) is 7.39. The SMILES string of the molecule is CCOc1cc(C=Nn2c(-c3cc4c(OC)cccc4o3)nc3ccccc3c2=O)c(Br)cc1OCc1ccc(F)cc1. The van der Waals surface area contributed by atoms with E-state index in [4.69, 9.17) is 23.6 Å². The van der Waals surface area contributed by atoms with Crippen LogP contribution in [0.3, 0.4) is 0 Å². The molecule has 0 saturated heterocycles. The minimum absolute atomic E-state index is 0.226. The van der Waals surface area contributed by atoms with Gasteiger partial charge in [-0.2, -0.15) is 9.78 Å². The van der Waals surface area contributed by atoms with Gasteiger partial charge in [-0.1, -0.05) is 30.3 Å². The zero-order valence-electron chi connectivity index (χ0n) is 23.2. The average Bonchev–Trinajstić information content (AvgIpc) is 3.46. The zero-order chi connectivity index (χ0) is 29.9. The van der Waals surface area contributed by atoms with Crippen molar-refractivity contribution >= 4 is 44.0 Å². The fourth-order valence-corrected chi connectivity index (χ4v) is 5.03. The van der Waals surface area contributed by atoms with Crippen molar-refractivity contribution in [3.05, 3.63) is 117 Å². The van der Waals surface area contributed by atoms with Gasteiger partial charge in [0.25, 0.3) is 5.56 Å². The molecule has 0 saturated carbocycles. The zero-order valence-corrected chi connectivity index (χ0v) is 24.8. The molecule has 0 amide bonds. The molecule has 0 aliphatic carbocycles. The van der Waals surface area contributed by atoms with Crippen LogP contribution in [0.25, 0.3) is 33.5 Å². The molecule has 43 heavy (non-hydrogen) atoms. The number of halogens is 2. The largest absolute Gasteiger partial charge is 0.496 e. The van der Waals surface area contributed by atoms with Crippen LogP contribution in [-0.4, -0.2) is 29.6 Å². The van der Waals surface area contributed by atoms with Crippen LogP contribution >= 0.6 is 15.9 Å². The molecule has 0 atom stereocenters. The van der Waals surface area contributed by atoms with Gasteiger partial charge in [-0.25, -0.2) is 9.37 Å². The summed E-state index contributed by atoms with van der Waals surface area (Å²) in [4.78, 5) is 18.4. The number of hydrogen-bond donors (Lipinski definition) is 0. The smallest absolute Gasteiger partial charge is 0.282 e. The van der Waals surface area contributed by atoms with Crippen molar-refractivity contribution in [2.24, 2.45) is 5.10 Å². The first-order valence-corrected chi connectivity index (χ1v) is 14.2. The van der Waals surface area contributed by atoms with Crippen LogP contribution in [-0.2, 0) is 6.61 Å². The van der Waals surface area contributed by atoms with E-state index in [0.717, 1.165) is 10.9 Å². The third kappa shape index (κ3) is 5.74. The summed E-state index contributed by atoms with van der Waals surface area (Å²) in [5.41, 5.74) is 2.19. The number of fused-ring (bicyclic) bond motifs is 2. The van der Waals surface area contributed by atoms with E-state index in [1.54, 1.807) is 61.9 Å². The second kappa shape index (κ2) is 12.1. The predicted molar refractivity (Wildman–Crippen MR) is 167 cm³/mol. The van der Waals surface area contributed by atoms with Crippen LogP contribution in [0.5, 0.6) is 17.2 Å². The summed E-state index contributed by atoms with van der Waals surface area (Å²) in [6.07, 6.45) is 1.54. The van der Waals surface area contributed by atoms with Crippen molar-refractivity contribution in [1.82, 2.24) is 9.66 Å². The maximum Gasteiger partial charge on any atom is 0.282 e. The Morgan fingerprint density at radius 3 is 2.53 bits per heavy atom. The van der Waals surface area contributed by atoms with Gasteiger partial charge in [0.2, 0.25) is 5.82 Å². The summed E-state index contributed by atoms with van der Waals surface area (Å²) < 4.78 is 38.6. The summed E-state index contributed by atoms with van der Waals surface area (Å²) in [7, 11) is 1.59. The standard InChI is InChI=1S/C33H25BrFN3O5/c1-3-41-29-15-21(25(34)17-30(29)42-19-20-11-13-22(35)14-12-20)18-36-38-32(37-26-8-5-4-7-23(26)33(38)39)31-16-24-27(40-2)9-6-10-28(24)43-31/h4-18H,3,19H2,1-2H3. The maximum absolute atomic E-state index is 13.7. The quantitative estimate of drug-likeness (QED) is 0.151. The van der Waals surface area contributed by atoms with E-state index < -0.39 is 0 Å². The van der Waals surface area contributed by atoms with Crippen LogP contribution in [0.1, 0.15) is 18.1 Å². The van der Waals surface area contributed by atoms with Crippen LogP contribution in [0.2, 0.25) is 0 Å². The minimum Gasteiger partial charge on any atom is -0.496 e. The van der Waals surface area contributed by atoms with Crippen molar-refractivity contribution in [3.63, 3.8) is 0 Å². The molecule has 216 valence electrons. The normalized spacial score (nSPS) is 11.4. The topological polar surface area (TPSA) is 88.1 Å². The fourth-order valence-electron chi connectivity index (χ4n) is 4.61. The Morgan fingerprint density at radius 1 is 0.953 bits per heavy atom. The van der Waals surface area contributed by atoms with E-state index in [1.807, 2.05) is 31.2 Å². The molecule has 6 rings (SSSR count). The van der Waals surface area contributed by atoms with E-state index in [1.165, 1.54) is 16.8 Å². The van der Waals surface area contributed by atoms with Crippen molar-refractivity contribution in [1.29, 1.82) is 0 Å². The molecular weight excluding hydrogens is 617 g/mol. The number of methoxy groups -OCH3 is 1. The molecule has 0 aliphatic heterocycles.